The summed E-state index contributed by atoms with van der Waals surface area (Å²) >= 11 is 0. The van der Waals surface area contributed by atoms with E-state index in [0.29, 0.717) is 18.2 Å². The van der Waals surface area contributed by atoms with Crippen molar-refractivity contribution in [3.05, 3.63) is 53.6 Å². The van der Waals surface area contributed by atoms with Crippen molar-refractivity contribution in [1.29, 1.82) is 0 Å². The van der Waals surface area contributed by atoms with E-state index >= 15 is 0 Å². The average Bonchev–Trinajstić information content (AvgIpc) is 2.40. The molecule has 3 N–H and O–H groups in total. The van der Waals surface area contributed by atoms with Crippen LogP contribution < -0.4 is 5.32 Å². The molecule has 2 aromatic carbocycles. The Morgan fingerprint density at radius 3 is 2.32 bits per heavy atom. The van der Waals surface area contributed by atoms with Gasteiger partial charge in [0, 0.05) is 12.6 Å². The van der Waals surface area contributed by atoms with Crippen molar-refractivity contribution in [3.8, 4) is 11.5 Å². The number of anilines is 1. The van der Waals surface area contributed by atoms with Crippen LogP contribution in [0, 0.1) is 0 Å². The maximum atomic E-state index is 9.66. The molecule has 0 unspecified atom stereocenters. The fourth-order valence-corrected chi connectivity index (χ4v) is 1.88. The number of hydrogen-bond acceptors (Lipinski definition) is 3. The van der Waals surface area contributed by atoms with E-state index in [1.54, 1.807) is 0 Å². The number of benzene rings is 2. The van der Waals surface area contributed by atoms with Crippen molar-refractivity contribution in [1.82, 2.24) is 0 Å². The van der Waals surface area contributed by atoms with E-state index in [-0.39, 0.29) is 11.5 Å². The Labute approximate surface area is 113 Å². The predicted molar refractivity (Wildman–Crippen MR) is 77.6 cm³/mol. The minimum Gasteiger partial charge on any atom is -0.508 e. The van der Waals surface area contributed by atoms with Crippen LogP contribution in [0.5, 0.6) is 11.5 Å². The highest BCUT2D eigenvalue weighted by Crippen LogP contribution is 2.27. The first-order valence-electron chi connectivity index (χ1n) is 6.41. The molecule has 0 saturated carbocycles. The molecule has 0 radical (unpaired) electrons. The highest BCUT2D eigenvalue weighted by molar-refractivity contribution is 5.58. The van der Waals surface area contributed by atoms with Gasteiger partial charge in [-0.1, -0.05) is 38.1 Å². The molecule has 0 fully saturated rings. The van der Waals surface area contributed by atoms with Crippen molar-refractivity contribution in [3.63, 3.8) is 0 Å². The maximum Gasteiger partial charge on any atom is 0.138 e. The molecule has 2 aromatic rings. The van der Waals surface area contributed by atoms with Gasteiger partial charge in [-0.2, -0.15) is 0 Å². The van der Waals surface area contributed by atoms with Crippen molar-refractivity contribution in [2.45, 2.75) is 26.3 Å². The van der Waals surface area contributed by atoms with Gasteiger partial charge in [0.05, 0.1) is 5.69 Å². The smallest absolute Gasteiger partial charge is 0.138 e. The van der Waals surface area contributed by atoms with Gasteiger partial charge in [0.15, 0.2) is 0 Å². The summed E-state index contributed by atoms with van der Waals surface area (Å²) in [5.41, 5.74) is 2.98. The Kier molecular flexibility index (Phi) is 3.95. The second-order valence-electron chi connectivity index (χ2n) is 4.95. The number of hydrogen-bond donors (Lipinski definition) is 3. The van der Waals surface area contributed by atoms with Gasteiger partial charge in [0.1, 0.15) is 11.5 Å². The molecule has 0 atom stereocenters. The predicted octanol–water partition coefficient (Wildman–Crippen LogP) is 3.83. The second-order valence-corrected chi connectivity index (χ2v) is 4.95. The third-order valence-corrected chi connectivity index (χ3v) is 3.11. The van der Waals surface area contributed by atoms with Gasteiger partial charge in [-0.25, -0.2) is 0 Å². The number of phenols is 2. The first-order chi connectivity index (χ1) is 9.06. The normalized spacial score (nSPS) is 10.7. The van der Waals surface area contributed by atoms with Crippen molar-refractivity contribution < 1.29 is 10.2 Å². The Balaban J connectivity index is 2.04. The number of rotatable bonds is 4. The first kappa shape index (κ1) is 13.3. The van der Waals surface area contributed by atoms with E-state index < -0.39 is 0 Å². The van der Waals surface area contributed by atoms with Crippen LogP contribution in [0.15, 0.2) is 42.5 Å². The van der Waals surface area contributed by atoms with Crippen LogP contribution in [0.4, 0.5) is 5.69 Å². The summed E-state index contributed by atoms with van der Waals surface area (Å²) in [6.45, 7) is 4.94. The first-order valence-corrected chi connectivity index (χ1v) is 6.41. The van der Waals surface area contributed by atoms with E-state index in [2.05, 4.69) is 43.4 Å². The molecule has 0 amide bonds. The lowest BCUT2D eigenvalue weighted by atomic mass is 10.0. The summed E-state index contributed by atoms with van der Waals surface area (Å²) < 4.78 is 0. The van der Waals surface area contributed by atoms with E-state index in [9.17, 15) is 10.2 Å². The summed E-state index contributed by atoms with van der Waals surface area (Å²) in [6.07, 6.45) is 0. The Morgan fingerprint density at radius 1 is 1.00 bits per heavy atom. The van der Waals surface area contributed by atoms with Crippen LogP contribution >= 0.6 is 0 Å². The molecule has 0 heterocycles. The van der Waals surface area contributed by atoms with E-state index in [1.165, 1.54) is 23.8 Å². The highest BCUT2D eigenvalue weighted by atomic mass is 16.3. The molecule has 0 aliphatic rings. The van der Waals surface area contributed by atoms with Gasteiger partial charge < -0.3 is 15.5 Å². The van der Waals surface area contributed by atoms with Crippen molar-refractivity contribution in [2.75, 3.05) is 5.32 Å². The molecule has 0 saturated heterocycles. The molecule has 0 aliphatic carbocycles. The quantitative estimate of drug-likeness (QED) is 0.576. The second kappa shape index (κ2) is 5.65. The average molecular weight is 257 g/mol. The lowest BCUT2D eigenvalue weighted by Gasteiger charge is -2.10. The van der Waals surface area contributed by atoms with Crippen LogP contribution in [0.1, 0.15) is 30.9 Å². The Morgan fingerprint density at radius 2 is 1.68 bits per heavy atom. The van der Waals surface area contributed by atoms with Crippen molar-refractivity contribution in [2.24, 2.45) is 0 Å². The standard InChI is InChI=1S/C16H19NO2/c1-11(2)13-5-3-12(4-6-13)10-17-15-9-14(18)7-8-16(15)19/h3-9,11,17-19H,10H2,1-2H3. The minimum atomic E-state index is 0.135. The molecule has 0 aromatic heterocycles. The van der Waals surface area contributed by atoms with E-state index in [0.717, 1.165) is 5.56 Å². The summed E-state index contributed by atoms with van der Waals surface area (Å²) in [5.74, 6) is 0.796. The third kappa shape index (κ3) is 3.41. The summed E-state index contributed by atoms with van der Waals surface area (Å²) in [7, 11) is 0. The number of phenolic OH excluding ortho intramolecular Hbond substituents is 2. The van der Waals surface area contributed by atoms with Crippen LogP contribution in [0.3, 0.4) is 0 Å². The molecule has 3 heteroatoms. The van der Waals surface area contributed by atoms with E-state index in [4.69, 9.17) is 0 Å². The molecule has 0 bridgehead atoms. The fourth-order valence-electron chi connectivity index (χ4n) is 1.88. The SMILES string of the molecule is CC(C)c1ccc(CNc2cc(O)ccc2O)cc1. The molecule has 3 nitrogen and oxygen atoms in total. The molecule has 2 rings (SSSR count). The zero-order valence-corrected chi connectivity index (χ0v) is 11.2. The zero-order chi connectivity index (χ0) is 13.8. The van der Waals surface area contributed by atoms with Crippen molar-refractivity contribution >= 4 is 5.69 Å². The lowest BCUT2D eigenvalue weighted by molar-refractivity contribution is 0.462. The van der Waals surface area contributed by atoms with E-state index in [1.807, 2.05) is 0 Å². The van der Waals surface area contributed by atoms with Crippen LogP contribution in [0.25, 0.3) is 0 Å². The molecule has 100 valence electrons. The van der Waals surface area contributed by atoms with Gasteiger partial charge in [0.2, 0.25) is 0 Å². The van der Waals surface area contributed by atoms with Crippen LogP contribution in [-0.4, -0.2) is 10.2 Å². The third-order valence-electron chi connectivity index (χ3n) is 3.11. The highest BCUT2D eigenvalue weighted by Gasteiger charge is 2.03. The van der Waals surface area contributed by atoms with Gasteiger partial charge in [-0.3, -0.25) is 0 Å². The molecular formula is C16H19NO2. The van der Waals surface area contributed by atoms with Gasteiger partial charge in [-0.15, -0.1) is 0 Å². The largest absolute Gasteiger partial charge is 0.508 e. The Hall–Kier alpha value is -2.16. The summed E-state index contributed by atoms with van der Waals surface area (Å²) in [5, 5.41) is 22.1. The monoisotopic (exact) mass is 257 g/mol. The molecule has 0 aliphatic heterocycles. The van der Waals surface area contributed by atoms with Gasteiger partial charge in [-0.05, 0) is 29.2 Å². The topological polar surface area (TPSA) is 52.5 Å². The number of aromatic hydroxyl groups is 2. The molecule has 0 spiro atoms. The lowest BCUT2D eigenvalue weighted by Crippen LogP contribution is -2.00. The molecule has 19 heavy (non-hydrogen) atoms. The Bertz CT molecular complexity index is 547. The molecular weight excluding hydrogens is 238 g/mol. The summed E-state index contributed by atoms with van der Waals surface area (Å²) in [6, 6.07) is 12.8. The van der Waals surface area contributed by atoms with Crippen LogP contribution in [-0.2, 0) is 6.54 Å². The minimum absolute atomic E-state index is 0.135. The van der Waals surface area contributed by atoms with Crippen LogP contribution in [0.2, 0.25) is 0 Å². The van der Waals surface area contributed by atoms with Gasteiger partial charge in [0.25, 0.3) is 0 Å². The maximum absolute atomic E-state index is 9.66. The fraction of sp³-hybridized carbons (Fsp3) is 0.250. The zero-order valence-electron chi connectivity index (χ0n) is 11.2. The number of nitrogens with one attached hydrogen (secondary N) is 1. The summed E-state index contributed by atoms with van der Waals surface area (Å²) in [4.78, 5) is 0. The van der Waals surface area contributed by atoms with Gasteiger partial charge >= 0.3 is 0 Å².